The van der Waals surface area contributed by atoms with Crippen LogP contribution in [0.2, 0.25) is 0 Å². The van der Waals surface area contributed by atoms with Gasteiger partial charge in [0.15, 0.2) is 0 Å². The number of rotatable bonds is 5. The van der Waals surface area contributed by atoms with Crippen LogP contribution in [0.3, 0.4) is 0 Å². The van der Waals surface area contributed by atoms with E-state index in [1.165, 1.54) is 10.6 Å². The Labute approximate surface area is 120 Å². The van der Waals surface area contributed by atoms with Crippen LogP contribution < -0.4 is 10.2 Å². The van der Waals surface area contributed by atoms with Crippen molar-refractivity contribution in [3.05, 3.63) is 23.9 Å². The molecule has 6 nitrogen and oxygen atoms in total. The number of pyridine rings is 1. The third kappa shape index (κ3) is 3.68. The van der Waals surface area contributed by atoms with Crippen LogP contribution in [0.4, 0.5) is 5.82 Å². The van der Waals surface area contributed by atoms with Gasteiger partial charge in [-0.2, -0.15) is 4.31 Å². The fourth-order valence-electron chi connectivity index (χ4n) is 2.34. The Morgan fingerprint density at radius 2 is 2.00 bits per heavy atom. The minimum Gasteiger partial charge on any atom is -0.354 e. The lowest BCUT2D eigenvalue weighted by atomic mass is 10.2. The van der Waals surface area contributed by atoms with Gasteiger partial charge in [0.2, 0.25) is 10.0 Å². The molecule has 2 heterocycles. The maximum Gasteiger partial charge on any atom is 0.211 e. The molecule has 1 aromatic rings. The smallest absolute Gasteiger partial charge is 0.211 e. The molecule has 20 heavy (non-hydrogen) atoms. The Balaban J connectivity index is 2.07. The first-order valence-corrected chi connectivity index (χ1v) is 8.72. The Morgan fingerprint density at radius 3 is 2.60 bits per heavy atom. The lowest BCUT2D eigenvalue weighted by Crippen LogP contribution is -2.48. The molecule has 1 N–H and O–H groups in total. The second-order valence-corrected chi connectivity index (χ2v) is 6.90. The summed E-state index contributed by atoms with van der Waals surface area (Å²) in [6.07, 6.45) is 3.05. The highest BCUT2D eigenvalue weighted by atomic mass is 32.2. The highest BCUT2D eigenvalue weighted by Crippen LogP contribution is 2.19. The normalized spacial score (nSPS) is 17.4. The topological polar surface area (TPSA) is 65.5 Å². The van der Waals surface area contributed by atoms with Gasteiger partial charge in [0, 0.05) is 44.5 Å². The van der Waals surface area contributed by atoms with E-state index in [0.717, 1.165) is 24.5 Å². The van der Waals surface area contributed by atoms with E-state index in [4.69, 9.17) is 0 Å². The summed E-state index contributed by atoms with van der Waals surface area (Å²) in [5, 5.41) is 3.30. The zero-order chi connectivity index (χ0) is 14.6. The fraction of sp³-hybridized carbons (Fsp3) is 0.615. The molecular weight excluding hydrogens is 276 g/mol. The SMILES string of the molecule is CCNCc1cccnc1N1CCN(S(C)(=O)=O)CC1. The van der Waals surface area contributed by atoms with E-state index in [9.17, 15) is 8.42 Å². The lowest BCUT2D eigenvalue weighted by Gasteiger charge is -2.34. The zero-order valence-corrected chi connectivity index (χ0v) is 12.9. The van der Waals surface area contributed by atoms with Gasteiger partial charge >= 0.3 is 0 Å². The van der Waals surface area contributed by atoms with Gasteiger partial charge < -0.3 is 10.2 Å². The molecule has 0 bridgehead atoms. The molecule has 1 fully saturated rings. The number of nitrogens with one attached hydrogen (secondary N) is 1. The minimum atomic E-state index is -3.08. The van der Waals surface area contributed by atoms with Gasteiger partial charge in [0.05, 0.1) is 6.26 Å². The van der Waals surface area contributed by atoms with Gasteiger partial charge in [-0.3, -0.25) is 0 Å². The zero-order valence-electron chi connectivity index (χ0n) is 12.0. The van der Waals surface area contributed by atoms with Crippen molar-refractivity contribution in [1.82, 2.24) is 14.6 Å². The maximum atomic E-state index is 11.5. The van der Waals surface area contributed by atoms with Crippen molar-refractivity contribution < 1.29 is 8.42 Å². The third-order valence-corrected chi connectivity index (χ3v) is 4.74. The standard InChI is InChI=1S/C13H22N4O2S/c1-3-14-11-12-5-4-6-15-13(12)16-7-9-17(10-8-16)20(2,18)19/h4-6,14H,3,7-11H2,1-2H3. The molecule has 0 unspecified atom stereocenters. The van der Waals surface area contributed by atoms with Crippen molar-refractivity contribution in [1.29, 1.82) is 0 Å². The maximum absolute atomic E-state index is 11.5. The monoisotopic (exact) mass is 298 g/mol. The van der Waals surface area contributed by atoms with Crippen LogP contribution >= 0.6 is 0 Å². The van der Waals surface area contributed by atoms with Crippen LogP contribution in [0, 0.1) is 0 Å². The molecule has 7 heteroatoms. The van der Waals surface area contributed by atoms with Crippen LogP contribution in [0.5, 0.6) is 0 Å². The van der Waals surface area contributed by atoms with Crippen LogP contribution in [-0.4, -0.2) is 56.7 Å². The van der Waals surface area contributed by atoms with Crippen molar-refractivity contribution in [2.75, 3.05) is 43.9 Å². The Hall–Kier alpha value is -1.18. The molecular formula is C13H22N4O2S. The predicted octanol–water partition coefficient (Wildman–Crippen LogP) is 0.273. The summed E-state index contributed by atoms with van der Waals surface area (Å²) >= 11 is 0. The summed E-state index contributed by atoms with van der Waals surface area (Å²) in [7, 11) is -3.08. The number of hydrogen-bond acceptors (Lipinski definition) is 5. The van der Waals surface area contributed by atoms with Crippen molar-refractivity contribution in [3.63, 3.8) is 0 Å². The number of aromatic nitrogens is 1. The first-order chi connectivity index (χ1) is 9.52. The number of anilines is 1. The first-order valence-electron chi connectivity index (χ1n) is 6.87. The summed E-state index contributed by atoms with van der Waals surface area (Å²) in [6.45, 7) is 6.18. The van der Waals surface area contributed by atoms with Gasteiger partial charge in [0.1, 0.15) is 5.82 Å². The van der Waals surface area contributed by atoms with Crippen LogP contribution in [-0.2, 0) is 16.6 Å². The highest BCUT2D eigenvalue weighted by molar-refractivity contribution is 7.88. The molecule has 1 aliphatic rings. The molecule has 1 aromatic heterocycles. The van der Waals surface area contributed by atoms with Gasteiger partial charge in [-0.15, -0.1) is 0 Å². The van der Waals surface area contributed by atoms with E-state index in [-0.39, 0.29) is 0 Å². The van der Waals surface area contributed by atoms with E-state index >= 15 is 0 Å². The third-order valence-electron chi connectivity index (χ3n) is 3.44. The fourth-order valence-corrected chi connectivity index (χ4v) is 3.17. The summed E-state index contributed by atoms with van der Waals surface area (Å²) < 4.78 is 24.6. The number of nitrogens with zero attached hydrogens (tertiary/aromatic N) is 3. The molecule has 0 saturated carbocycles. The molecule has 0 atom stereocenters. The molecule has 112 valence electrons. The molecule has 0 aromatic carbocycles. The summed E-state index contributed by atoms with van der Waals surface area (Å²) in [5.41, 5.74) is 1.15. The quantitative estimate of drug-likeness (QED) is 0.845. The number of piperazine rings is 1. The van der Waals surface area contributed by atoms with E-state index in [0.29, 0.717) is 26.2 Å². The van der Waals surface area contributed by atoms with E-state index in [1.807, 2.05) is 6.07 Å². The molecule has 0 spiro atoms. The first kappa shape index (κ1) is 15.2. The highest BCUT2D eigenvalue weighted by Gasteiger charge is 2.24. The van der Waals surface area contributed by atoms with Crippen molar-refractivity contribution in [2.24, 2.45) is 0 Å². The van der Waals surface area contributed by atoms with Gasteiger partial charge in [-0.05, 0) is 12.6 Å². The molecule has 1 saturated heterocycles. The van der Waals surface area contributed by atoms with E-state index < -0.39 is 10.0 Å². The van der Waals surface area contributed by atoms with Crippen LogP contribution in [0.25, 0.3) is 0 Å². The second kappa shape index (κ2) is 6.51. The minimum absolute atomic E-state index is 0.524. The number of sulfonamides is 1. The molecule has 0 aliphatic carbocycles. The van der Waals surface area contributed by atoms with Gasteiger partial charge in [-0.25, -0.2) is 13.4 Å². The van der Waals surface area contributed by atoms with E-state index in [1.54, 1.807) is 6.20 Å². The second-order valence-electron chi connectivity index (χ2n) is 4.92. The average Bonchev–Trinajstić information content (AvgIpc) is 2.45. The van der Waals surface area contributed by atoms with Crippen molar-refractivity contribution in [2.45, 2.75) is 13.5 Å². The number of hydrogen-bond donors (Lipinski definition) is 1. The largest absolute Gasteiger partial charge is 0.354 e. The van der Waals surface area contributed by atoms with E-state index in [2.05, 4.69) is 28.2 Å². The molecule has 0 amide bonds. The average molecular weight is 298 g/mol. The van der Waals surface area contributed by atoms with Gasteiger partial charge in [0.25, 0.3) is 0 Å². The van der Waals surface area contributed by atoms with Crippen molar-refractivity contribution in [3.8, 4) is 0 Å². The lowest BCUT2D eigenvalue weighted by molar-refractivity contribution is 0.386. The van der Waals surface area contributed by atoms with Crippen LogP contribution in [0.15, 0.2) is 18.3 Å². The molecule has 2 rings (SSSR count). The molecule has 1 aliphatic heterocycles. The van der Waals surface area contributed by atoms with Crippen LogP contribution in [0.1, 0.15) is 12.5 Å². The Morgan fingerprint density at radius 1 is 1.30 bits per heavy atom. The summed E-state index contributed by atoms with van der Waals surface area (Å²) in [6, 6.07) is 4.00. The molecule has 0 radical (unpaired) electrons. The predicted molar refractivity (Wildman–Crippen MR) is 80.2 cm³/mol. The summed E-state index contributed by atoms with van der Waals surface area (Å²) in [5.74, 6) is 0.960. The summed E-state index contributed by atoms with van der Waals surface area (Å²) in [4.78, 5) is 6.62. The van der Waals surface area contributed by atoms with Gasteiger partial charge in [-0.1, -0.05) is 13.0 Å². The Kier molecular flexibility index (Phi) is 4.95. The van der Waals surface area contributed by atoms with Crippen molar-refractivity contribution >= 4 is 15.8 Å². The Bertz CT molecular complexity index is 539.